The van der Waals surface area contributed by atoms with E-state index in [2.05, 4.69) is 10.1 Å². The van der Waals surface area contributed by atoms with Crippen LogP contribution in [0.15, 0.2) is 29.4 Å². The van der Waals surface area contributed by atoms with E-state index in [1.54, 1.807) is 18.2 Å². The minimum atomic E-state index is 0.0485. The fourth-order valence-corrected chi connectivity index (χ4v) is 1.37. The predicted octanol–water partition coefficient (Wildman–Crippen LogP) is 1.33. The first-order valence-electron chi connectivity index (χ1n) is 4.28. The Morgan fingerprint density at radius 3 is 2.80 bits per heavy atom. The molecular formula is C10H9N3O2. The van der Waals surface area contributed by atoms with Crippen molar-refractivity contribution in [3.05, 3.63) is 30.0 Å². The van der Waals surface area contributed by atoms with Crippen LogP contribution in [0.3, 0.4) is 0 Å². The van der Waals surface area contributed by atoms with Crippen LogP contribution >= 0.6 is 0 Å². The van der Waals surface area contributed by atoms with Gasteiger partial charge in [-0.2, -0.15) is 0 Å². The van der Waals surface area contributed by atoms with Gasteiger partial charge < -0.3 is 16.0 Å². The van der Waals surface area contributed by atoms with E-state index < -0.39 is 0 Å². The van der Waals surface area contributed by atoms with Crippen molar-refractivity contribution in [3.8, 4) is 5.75 Å². The molecule has 76 valence electrons. The average molecular weight is 203 g/mol. The van der Waals surface area contributed by atoms with Crippen LogP contribution in [0, 0.1) is 0 Å². The molecule has 0 saturated heterocycles. The van der Waals surface area contributed by atoms with Crippen LogP contribution in [0.5, 0.6) is 5.75 Å². The third-order valence-corrected chi connectivity index (χ3v) is 2.08. The topological polar surface area (TPSA) is 91.7 Å². The maximum Gasteiger partial charge on any atom is 0.141 e. The van der Waals surface area contributed by atoms with E-state index in [-0.39, 0.29) is 5.75 Å². The third-order valence-electron chi connectivity index (χ3n) is 2.08. The summed E-state index contributed by atoms with van der Waals surface area (Å²) in [6.07, 6.45) is 1.18. The molecule has 5 nitrogen and oxygen atoms in total. The van der Waals surface area contributed by atoms with Crippen molar-refractivity contribution in [2.45, 2.75) is 0 Å². The summed E-state index contributed by atoms with van der Waals surface area (Å²) in [4.78, 5) is 4.09. The molecule has 0 bridgehead atoms. The lowest BCUT2D eigenvalue weighted by Gasteiger charge is -2.03. The van der Waals surface area contributed by atoms with Crippen LogP contribution in [0.1, 0.15) is 5.69 Å². The summed E-state index contributed by atoms with van der Waals surface area (Å²) in [6.45, 7) is 0. The molecule has 0 fully saturated rings. The monoisotopic (exact) mass is 203 g/mol. The summed E-state index contributed by atoms with van der Waals surface area (Å²) < 4.78 is 0. The van der Waals surface area contributed by atoms with Gasteiger partial charge in [-0.25, -0.2) is 4.98 Å². The third kappa shape index (κ3) is 1.54. The Hall–Kier alpha value is -2.30. The Labute approximate surface area is 85.5 Å². The van der Waals surface area contributed by atoms with E-state index >= 15 is 0 Å². The Bertz CT molecular complexity index is 537. The van der Waals surface area contributed by atoms with Crippen molar-refractivity contribution in [3.63, 3.8) is 0 Å². The van der Waals surface area contributed by atoms with Crippen molar-refractivity contribution in [1.82, 2.24) is 4.98 Å². The number of nitrogen functional groups attached to an aromatic ring is 1. The lowest BCUT2D eigenvalue weighted by atomic mass is 10.1. The minimum Gasteiger partial charge on any atom is -0.506 e. The molecule has 0 aliphatic carbocycles. The fraction of sp³-hybridized carbons (Fsp3) is 0. The van der Waals surface area contributed by atoms with Crippen LogP contribution in [0.2, 0.25) is 0 Å². The number of hydrogen-bond acceptors (Lipinski definition) is 5. The standard InChI is InChI=1S/C10H9N3O2/c11-8-3-4-9(14)10-7(8)2-1-6(13-10)5-12-15/h1-5,14-15H,11H2/b12-5+. The predicted molar refractivity (Wildman–Crippen MR) is 57.2 cm³/mol. The number of benzene rings is 1. The van der Waals surface area contributed by atoms with Gasteiger partial charge in [0.05, 0.1) is 11.9 Å². The van der Waals surface area contributed by atoms with Crippen LogP contribution < -0.4 is 5.73 Å². The smallest absolute Gasteiger partial charge is 0.141 e. The first-order valence-corrected chi connectivity index (χ1v) is 4.28. The van der Waals surface area contributed by atoms with E-state index in [4.69, 9.17) is 10.9 Å². The molecule has 0 aliphatic rings. The highest BCUT2D eigenvalue weighted by atomic mass is 16.4. The summed E-state index contributed by atoms with van der Waals surface area (Å²) in [5.74, 6) is 0.0485. The number of pyridine rings is 1. The van der Waals surface area contributed by atoms with Gasteiger partial charge in [0.15, 0.2) is 0 Å². The molecule has 2 aromatic rings. The highest BCUT2D eigenvalue weighted by Crippen LogP contribution is 2.27. The van der Waals surface area contributed by atoms with E-state index in [1.165, 1.54) is 12.3 Å². The number of nitrogens with zero attached hydrogens (tertiary/aromatic N) is 2. The lowest BCUT2D eigenvalue weighted by molar-refractivity contribution is 0.321. The minimum absolute atomic E-state index is 0.0485. The van der Waals surface area contributed by atoms with Gasteiger partial charge in [-0.1, -0.05) is 5.16 Å². The summed E-state index contributed by atoms with van der Waals surface area (Å²) in [7, 11) is 0. The molecule has 1 aromatic heterocycles. The van der Waals surface area contributed by atoms with Gasteiger partial charge in [0.25, 0.3) is 0 Å². The van der Waals surface area contributed by atoms with Gasteiger partial charge in [-0.3, -0.25) is 0 Å². The maximum atomic E-state index is 9.56. The molecule has 0 aliphatic heterocycles. The van der Waals surface area contributed by atoms with Gasteiger partial charge in [0, 0.05) is 11.1 Å². The number of anilines is 1. The summed E-state index contributed by atoms with van der Waals surface area (Å²) in [5, 5.41) is 21.5. The van der Waals surface area contributed by atoms with Gasteiger partial charge >= 0.3 is 0 Å². The first kappa shape index (κ1) is 9.26. The van der Waals surface area contributed by atoms with Crippen LogP contribution in [-0.4, -0.2) is 21.5 Å². The molecule has 0 saturated carbocycles. The second kappa shape index (κ2) is 3.45. The Morgan fingerprint density at radius 1 is 1.27 bits per heavy atom. The van der Waals surface area contributed by atoms with Gasteiger partial charge in [0.2, 0.25) is 0 Å². The molecule has 0 spiro atoms. The van der Waals surface area contributed by atoms with E-state index in [0.717, 1.165) is 0 Å². The molecule has 2 rings (SSSR count). The quantitative estimate of drug-likeness (QED) is 0.214. The number of phenolic OH excluding ortho intramolecular Hbond substituents is 1. The zero-order valence-electron chi connectivity index (χ0n) is 7.75. The van der Waals surface area contributed by atoms with Crippen molar-refractivity contribution >= 4 is 22.8 Å². The van der Waals surface area contributed by atoms with Crippen molar-refractivity contribution < 1.29 is 10.3 Å². The van der Waals surface area contributed by atoms with E-state index in [9.17, 15) is 5.11 Å². The molecule has 15 heavy (non-hydrogen) atoms. The van der Waals surface area contributed by atoms with Crippen LogP contribution in [-0.2, 0) is 0 Å². The second-order valence-corrected chi connectivity index (χ2v) is 3.05. The number of hydrogen-bond donors (Lipinski definition) is 3. The van der Waals surface area contributed by atoms with Gasteiger partial charge in [-0.05, 0) is 24.3 Å². The second-order valence-electron chi connectivity index (χ2n) is 3.05. The zero-order valence-corrected chi connectivity index (χ0v) is 7.75. The maximum absolute atomic E-state index is 9.56. The van der Waals surface area contributed by atoms with Gasteiger partial charge in [0.1, 0.15) is 11.3 Å². The normalized spacial score (nSPS) is 11.2. The number of rotatable bonds is 1. The van der Waals surface area contributed by atoms with Crippen molar-refractivity contribution in [2.75, 3.05) is 5.73 Å². The number of fused-ring (bicyclic) bond motifs is 1. The summed E-state index contributed by atoms with van der Waals surface area (Å²) >= 11 is 0. The van der Waals surface area contributed by atoms with Crippen molar-refractivity contribution in [2.24, 2.45) is 5.16 Å². The average Bonchev–Trinajstić information content (AvgIpc) is 2.24. The number of aromatic nitrogens is 1. The molecule has 0 radical (unpaired) electrons. The molecule has 0 atom stereocenters. The first-order chi connectivity index (χ1) is 7.22. The highest BCUT2D eigenvalue weighted by molar-refractivity contribution is 5.95. The fourth-order valence-electron chi connectivity index (χ4n) is 1.37. The molecule has 0 amide bonds. The molecule has 0 unspecified atom stereocenters. The summed E-state index contributed by atoms with van der Waals surface area (Å²) in [5.41, 5.74) is 7.10. The SMILES string of the molecule is Nc1ccc(O)c2nc(/C=N/O)ccc12. The lowest BCUT2D eigenvalue weighted by Crippen LogP contribution is -1.92. The number of nitrogens with two attached hydrogens (primary N) is 1. The molecule has 1 heterocycles. The molecule has 5 heteroatoms. The van der Waals surface area contributed by atoms with Gasteiger partial charge in [-0.15, -0.1) is 0 Å². The highest BCUT2D eigenvalue weighted by Gasteiger charge is 2.04. The Balaban J connectivity index is 2.75. The number of aromatic hydroxyl groups is 1. The number of oxime groups is 1. The van der Waals surface area contributed by atoms with Crippen LogP contribution in [0.25, 0.3) is 10.9 Å². The number of phenols is 1. The van der Waals surface area contributed by atoms with E-state index in [0.29, 0.717) is 22.3 Å². The molecule has 1 aromatic carbocycles. The Kier molecular flexibility index (Phi) is 2.13. The van der Waals surface area contributed by atoms with Crippen molar-refractivity contribution in [1.29, 1.82) is 0 Å². The van der Waals surface area contributed by atoms with E-state index in [1.807, 2.05) is 0 Å². The van der Waals surface area contributed by atoms with Crippen LogP contribution in [0.4, 0.5) is 5.69 Å². The Morgan fingerprint density at radius 2 is 2.07 bits per heavy atom. The largest absolute Gasteiger partial charge is 0.506 e. The molecular weight excluding hydrogens is 194 g/mol. The molecule has 4 N–H and O–H groups in total. The zero-order chi connectivity index (χ0) is 10.8. The summed E-state index contributed by atoms with van der Waals surface area (Å²) in [6, 6.07) is 6.45.